The van der Waals surface area contributed by atoms with Gasteiger partial charge in [-0.1, -0.05) is 48.0 Å². The van der Waals surface area contributed by atoms with Gasteiger partial charge in [0, 0.05) is 12.7 Å². The molecule has 0 unspecified atom stereocenters. The van der Waals surface area contributed by atoms with Gasteiger partial charge in [0.1, 0.15) is 5.69 Å². The van der Waals surface area contributed by atoms with Crippen LogP contribution in [-0.2, 0) is 34.1 Å². The highest BCUT2D eigenvalue weighted by Gasteiger charge is 2.28. The Hall–Kier alpha value is -3.98. The number of hydrogen-bond acceptors (Lipinski definition) is 6. The van der Waals surface area contributed by atoms with E-state index >= 15 is 0 Å². The molecule has 0 bridgehead atoms. The normalized spacial score (nSPS) is 12.5. The quantitative estimate of drug-likeness (QED) is 0.376. The fourth-order valence-corrected chi connectivity index (χ4v) is 5.47. The number of nitrogens with zero attached hydrogens (tertiary/aromatic N) is 3. The topological polar surface area (TPSA) is 103 Å². The van der Waals surface area contributed by atoms with E-state index in [9.17, 15) is 13.2 Å². The molecule has 5 rings (SSSR count). The van der Waals surface area contributed by atoms with E-state index in [2.05, 4.69) is 20.8 Å². The number of ether oxygens (including phenoxy) is 1. The third-order valence-electron chi connectivity index (χ3n) is 6.12. The maximum atomic E-state index is 12.9. The van der Waals surface area contributed by atoms with Gasteiger partial charge in [-0.15, -0.1) is 0 Å². The Labute approximate surface area is 210 Å². The van der Waals surface area contributed by atoms with Crippen LogP contribution >= 0.6 is 0 Å². The number of anilines is 1. The van der Waals surface area contributed by atoms with Crippen LogP contribution in [0.1, 0.15) is 39.7 Å². The predicted octanol–water partition coefficient (Wildman–Crippen LogP) is 4.38. The van der Waals surface area contributed by atoms with Gasteiger partial charge in [-0.25, -0.2) is 27.9 Å². The molecule has 2 aromatic heterocycles. The van der Waals surface area contributed by atoms with Crippen molar-refractivity contribution >= 4 is 21.9 Å². The standard InChI is InChI=1S/C27H26N4O4S/c1-3-35-26(32)23-15-20-12-13-21-16-28-27(30-36(33,34)22-10-5-4-6-11-22)29-24(21)25(20)31(23)17-19-9-7-8-18(2)14-19/h4-11,14-16H,3,12-13,17H2,1-2H3,(H,28,29,30). The van der Waals surface area contributed by atoms with Crippen molar-refractivity contribution in [3.8, 4) is 11.4 Å². The largest absolute Gasteiger partial charge is 0.461 e. The Morgan fingerprint density at radius 3 is 2.58 bits per heavy atom. The first kappa shape index (κ1) is 23.7. The number of aryl methyl sites for hydroxylation is 3. The number of sulfonamides is 1. The molecule has 9 heteroatoms. The molecule has 0 atom stereocenters. The number of fused-ring (bicyclic) bond motifs is 3. The minimum absolute atomic E-state index is 0.0218. The Balaban J connectivity index is 1.60. The molecule has 2 heterocycles. The van der Waals surface area contributed by atoms with E-state index in [1.54, 1.807) is 31.3 Å². The molecule has 0 aliphatic heterocycles. The third-order valence-corrected chi connectivity index (χ3v) is 7.46. The molecule has 0 saturated heterocycles. The first-order chi connectivity index (χ1) is 17.4. The number of aromatic nitrogens is 3. The Bertz CT molecular complexity index is 1550. The number of nitrogens with one attached hydrogen (secondary N) is 1. The first-order valence-corrected chi connectivity index (χ1v) is 13.2. The van der Waals surface area contributed by atoms with Crippen molar-refractivity contribution in [3.63, 3.8) is 0 Å². The number of esters is 1. The maximum absolute atomic E-state index is 12.9. The average Bonchev–Trinajstić information content (AvgIpc) is 3.23. The molecule has 1 aliphatic carbocycles. The Kier molecular flexibility index (Phi) is 6.32. The van der Waals surface area contributed by atoms with Crippen LogP contribution in [0, 0.1) is 6.92 Å². The van der Waals surface area contributed by atoms with Crippen LogP contribution in [0.5, 0.6) is 0 Å². The molecular weight excluding hydrogens is 476 g/mol. The first-order valence-electron chi connectivity index (χ1n) is 11.7. The van der Waals surface area contributed by atoms with E-state index in [4.69, 9.17) is 4.74 Å². The number of benzene rings is 2. The van der Waals surface area contributed by atoms with E-state index in [1.165, 1.54) is 12.1 Å². The van der Waals surface area contributed by atoms with Crippen molar-refractivity contribution in [3.05, 3.63) is 94.8 Å². The minimum atomic E-state index is -3.85. The van der Waals surface area contributed by atoms with Crippen LogP contribution in [0.3, 0.4) is 0 Å². The number of hydrogen-bond donors (Lipinski definition) is 1. The highest BCUT2D eigenvalue weighted by atomic mass is 32.2. The molecule has 0 fully saturated rings. The van der Waals surface area contributed by atoms with Gasteiger partial charge in [0.25, 0.3) is 10.0 Å². The molecule has 1 aliphatic rings. The van der Waals surface area contributed by atoms with Gasteiger partial charge >= 0.3 is 5.97 Å². The summed E-state index contributed by atoms with van der Waals surface area (Å²) in [5, 5.41) is 0. The zero-order valence-corrected chi connectivity index (χ0v) is 20.9. The van der Waals surface area contributed by atoms with Crippen LogP contribution < -0.4 is 4.72 Å². The van der Waals surface area contributed by atoms with Crippen molar-refractivity contribution in [2.24, 2.45) is 0 Å². The zero-order chi connectivity index (χ0) is 25.3. The van der Waals surface area contributed by atoms with Crippen molar-refractivity contribution in [2.45, 2.75) is 38.1 Å². The monoisotopic (exact) mass is 502 g/mol. The highest BCUT2D eigenvalue weighted by molar-refractivity contribution is 7.92. The number of carbonyl (C=O) groups is 1. The fourth-order valence-electron chi connectivity index (χ4n) is 4.50. The van der Waals surface area contributed by atoms with Gasteiger partial charge in [-0.3, -0.25) is 0 Å². The molecule has 8 nitrogen and oxygen atoms in total. The zero-order valence-electron chi connectivity index (χ0n) is 20.1. The number of rotatable bonds is 7. The van der Waals surface area contributed by atoms with E-state index in [0.29, 0.717) is 30.8 Å². The van der Waals surface area contributed by atoms with E-state index in [-0.39, 0.29) is 17.5 Å². The maximum Gasteiger partial charge on any atom is 0.354 e. The molecule has 0 radical (unpaired) electrons. The summed E-state index contributed by atoms with van der Waals surface area (Å²) >= 11 is 0. The molecule has 4 aromatic rings. The second kappa shape index (κ2) is 9.58. The molecule has 0 saturated carbocycles. The minimum Gasteiger partial charge on any atom is -0.461 e. The van der Waals surface area contributed by atoms with Crippen molar-refractivity contribution in [1.29, 1.82) is 0 Å². The molecule has 0 spiro atoms. The summed E-state index contributed by atoms with van der Waals surface area (Å²) in [4.78, 5) is 21.9. The highest BCUT2D eigenvalue weighted by Crippen LogP contribution is 2.36. The van der Waals surface area contributed by atoms with Gasteiger partial charge in [-0.05, 0) is 61.6 Å². The van der Waals surface area contributed by atoms with Crippen molar-refractivity contribution < 1.29 is 17.9 Å². The molecule has 36 heavy (non-hydrogen) atoms. The van der Waals surface area contributed by atoms with Gasteiger partial charge in [0.2, 0.25) is 5.95 Å². The SMILES string of the molecule is CCOC(=O)c1cc2c(n1Cc1cccc(C)c1)-c1nc(NS(=O)(=O)c3ccccc3)ncc1CC2. The lowest BCUT2D eigenvalue weighted by molar-refractivity contribution is 0.0514. The summed E-state index contributed by atoms with van der Waals surface area (Å²) in [5.74, 6) is -0.424. The lowest BCUT2D eigenvalue weighted by atomic mass is 9.95. The Morgan fingerprint density at radius 2 is 1.83 bits per heavy atom. The summed E-state index contributed by atoms with van der Waals surface area (Å²) in [6.07, 6.45) is 3.06. The third kappa shape index (κ3) is 4.61. The van der Waals surface area contributed by atoms with Crippen LogP contribution in [-0.4, -0.2) is 35.5 Å². The lowest BCUT2D eigenvalue weighted by Gasteiger charge is -2.20. The van der Waals surface area contributed by atoms with Gasteiger partial charge in [0.15, 0.2) is 0 Å². The second-order valence-electron chi connectivity index (χ2n) is 8.69. The molecular formula is C27H26N4O4S. The molecule has 2 aromatic carbocycles. The number of carbonyl (C=O) groups excluding carboxylic acids is 1. The summed E-state index contributed by atoms with van der Waals surface area (Å²) in [6, 6.07) is 18.0. The van der Waals surface area contributed by atoms with Gasteiger partial charge < -0.3 is 9.30 Å². The van der Waals surface area contributed by atoms with E-state index in [1.807, 2.05) is 35.8 Å². The summed E-state index contributed by atoms with van der Waals surface area (Å²) in [6.45, 7) is 4.51. The van der Waals surface area contributed by atoms with Crippen LogP contribution in [0.2, 0.25) is 0 Å². The second-order valence-corrected chi connectivity index (χ2v) is 10.4. The summed E-state index contributed by atoms with van der Waals surface area (Å²) in [5.41, 5.74) is 5.85. The van der Waals surface area contributed by atoms with Crippen molar-refractivity contribution in [2.75, 3.05) is 11.3 Å². The van der Waals surface area contributed by atoms with Gasteiger partial charge in [-0.2, -0.15) is 0 Å². The summed E-state index contributed by atoms with van der Waals surface area (Å²) < 4.78 is 35.5. The summed E-state index contributed by atoms with van der Waals surface area (Å²) in [7, 11) is -3.85. The van der Waals surface area contributed by atoms with Gasteiger partial charge in [0.05, 0.1) is 22.9 Å². The average molecular weight is 503 g/mol. The van der Waals surface area contributed by atoms with E-state index in [0.717, 1.165) is 27.9 Å². The fraction of sp³-hybridized carbons (Fsp3) is 0.222. The Morgan fingerprint density at radius 1 is 1.06 bits per heavy atom. The van der Waals surface area contributed by atoms with Crippen LogP contribution in [0.25, 0.3) is 11.4 Å². The molecule has 1 N–H and O–H groups in total. The lowest BCUT2D eigenvalue weighted by Crippen LogP contribution is -2.18. The van der Waals surface area contributed by atoms with E-state index < -0.39 is 16.0 Å². The smallest absolute Gasteiger partial charge is 0.354 e. The molecule has 0 amide bonds. The van der Waals surface area contributed by atoms with Crippen molar-refractivity contribution in [1.82, 2.24) is 14.5 Å². The van der Waals surface area contributed by atoms with Crippen LogP contribution in [0.4, 0.5) is 5.95 Å². The predicted molar refractivity (Wildman–Crippen MR) is 136 cm³/mol. The van der Waals surface area contributed by atoms with Crippen LogP contribution in [0.15, 0.2) is 71.8 Å². The molecule has 184 valence electrons.